The van der Waals surface area contributed by atoms with E-state index in [1.165, 1.54) is 17.4 Å². The van der Waals surface area contributed by atoms with Crippen LogP contribution in [0.15, 0.2) is 21.9 Å². The minimum absolute atomic E-state index is 0.000967. The Balaban J connectivity index is 2.20. The van der Waals surface area contributed by atoms with Gasteiger partial charge < -0.3 is 5.11 Å². The van der Waals surface area contributed by atoms with Gasteiger partial charge in [0, 0.05) is 11.6 Å². The van der Waals surface area contributed by atoms with Crippen molar-refractivity contribution in [3.8, 4) is 0 Å². The van der Waals surface area contributed by atoms with E-state index in [2.05, 4.69) is 9.71 Å². The molecule has 0 radical (unpaired) electrons. The number of carboxylic acid groups (broad SMARTS) is 1. The summed E-state index contributed by atoms with van der Waals surface area (Å²) >= 11 is 2.09. The molecule has 0 saturated heterocycles. The zero-order chi connectivity index (χ0) is 14.0. The van der Waals surface area contributed by atoms with Gasteiger partial charge in [-0.2, -0.15) is 0 Å². The van der Waals surface area contributed by atoms with E-state index >= 15 is 0 Å². The van der Waals surface area contributed by atoms with Crippen LogP contribution in [0.5, 0.6) is 0 Å². The number of rotatable bonds is 5. The topological polar surface area (TPSA) is 96.4 Å². The Hall–Kier alpha value is -1.29. The second-order valence-electron chi connectivity index (χ2n) is 3.63. The Morgan fingerprint density at radius 1 is 1.53 bits per heavy atom. The number of sulfonamides is 1. The number of aromatic carboxylic acids is 1. The summed E-state index contributed by atoms with van der Waals surface area (Å²) in [6.07, 6.45) is 1.59. The predicted octanol–water partition coefficient (Wildman–Crippen LogP) is 1.69. The number of carboxylic acids is 1. The average Bonchev–Trinajstić information content (AvgIpc) is 2.95. The zero-order valence-corrected chi connectivity index (χ0v) is 12.2. The fourth-order valence-electron chi connectivity index (χ4n) is 1.37. The summed E-state index contributed by atoms with van der Waals surface area (Å²) in [7, 11) is -3.70. The largest absolute Gasteiger partial charge is 0.477 e. The first-order valence-corrected chi connectivity index (χ1v) is 8.30. The molecule has 2 aromatic rings. The van der Waals surface area contributed by atoms with Gasteiger partial charge in [-0.05, 0) is 18.6 Å². The molecule has 0 atom stereocenters. The van der Waals surface area contributed by atoms with Crippen molar-refractivity contribution in [1.29, 1.82) is 0 Å². The number of hydrogen-bond acceptors (Lipinski definition) is 6. The fraction of sp³-hybridized carbons (Fsp3) is 0.200. The van der Waals surface area contributed by atoms with Crippen LogP contribution in [0.4, 0.5) is 0 Å². The van der Waals surface area contributed by atoms with Crippen molar-refractivity contribution in [3.63, 3.8) is 0 Å². The standard InChI is InChI=1S/C10H10N2O4S3/c1-6-4-8(18-9(6)10(13)14)19(15,16)12-5-7-11-2-3-17-7/h2-4,12H,5H2,1H3,(H,13,14). The molecule has 9 heteroatoms. The highest BCUT2D eigenvalue weighted by molar-refractivity contribution is 7.91. The van der Waals surface area contributed by atoms with Gasteiger partial charge in [-0.1, -0.05) is 0 Å². The molecule has 0 aliphatic carbocycles. The van der Waals surface area contributed by atoms with Crippen molar-refractivity contribution in [3.05, 3.63) is 33.1 Å². The average molecular weight is 318 g/mol. The van der Waals surface area contributed by atoms with Crippen LogP contribution >= 0.6 is 22.7 Å². The summed E-state index contributed by atoms with van der Waals surface area (Å²) in [5.74, 6) is -1.12. The normalized spacial score (nSPS) is 11.6. The third-order valence-electron chi connectivity index (χ3n) is 2.25. The molecule has 0 bridgehead atoms. The lowest BCUT2D eigenvalue weighted by molar-refractivity contribution is 0.0701. The SMILES string of the molecule is Cc1cc(S(=O)(=O)NCc2nccs2)sc1C(=O)O. The molecule has 19 heavy (non-hydrogen) atoms. The van der Waals surface area contributed by atoms with E-state index in [1.807, 2.05) is 0 Å². The van der Waals surface area contributed by atoms with Crippen LogP contribution in [0.3, 0.4) is 0 Å². The zero-order valence-electron chi connectivity index (χ0n) is 9.78. The van der Waals surface area contributed by atoms with Crippen LogP contribution in [0, 0.1) is 6.92 Å². The number of thiophene rings is 1. The predicted molar refractivity (Wildman–Crippen MR) is 72.2 cm³/mol. The van der Waals surface area contributed by atoms with Gasteiger partial charge in [0.2, 0.25) is 10.0 Å². The van der Waals surface area contributed by atoms with Crippen LogP contribution in [-0.2, 0) is 16.6 Å². The van der Waals surface area contributed by atoms with Crippen LogP contribution in [0.25, 0.3) is 0 Å². The lowest BCUT2D eigenvalue weighted by Crippen LogP contribution is -2.22. The number of hydrogen-bond donors (Lipinski definition) is 2. The third kappa shape index (κ3) is 3.18. The molecule has 102 valence electrons. The number of aryl methyl sites for hydroxylation is 1. The van der Waals surface area contributed by atoms with Crippen molar-refractivity contribution < 1.29 is 18.3 Å². The molecule has 0 aliphatic rings. The number of nitrogens with zero attached hydrogens (tertiary/aromatic N) is 1. The highest BCUT2D eigenvalue weighted by Crippen LogP contribution is 2.26. The maximum atomic E-state index is 12.0. The molecule has 0 amide bonds. The summed E-state index contributed by atoms with van der Waals surface area (Å²) in [6, 6.07) is 1.36. The number of carbonyl (C=O) groups is 1. The molecule has 6 nitrogen and oxygen atoms in total. The quantitative estimate of drug-likeness (QED) is 0.874. The molecule has 0 aromatic carbocycles. The third-order valence-corrected chi connectivity index (χ3v) is 6.13. The first-order valence-electron chi connectivity index (χ1n) is 5.12. The molecule has 0 fully saturated rings. The van der Waals surface area contributed by atoms with Gasteiger partial charge >= 0.3 is 5.97 Å². The van der Waals surface area contributed by atoms with Gasteiger partial charge in [-0.25, -0.2) is 22.9 Å². The summed E-state index contributed by atoms with van der Waals surface area (Å²) in [5, 5.41) is 11.3. The number of thiazole rings is 1. The molecule has 0 unspecified atom stereocenters. The van der Waals surface area contributed by atoms with E-state index in [4.69, 9.17) is 5.11 Å². The number of nitrogens with one attached hydrogen (secondary N) is 1. The van der Waals surface area contributed by atoms with Gasteiger partial charge in [0.05, 0.1) is 6.54 Å². The first-order chi connectivity index (χ1) is 8.90. The van der Waals surface area contributed by atoms with Gasteiger partial charge in [0.25, 0.3) is 0 Å². The van der Waals surface area contributed by atoms with Gasteiger partial charge in [0.1, 0.15) is 14.1 Å². The second kappa shape index (κ2) is 5.37. The molecule has 0 saturated carbocycles. The van der Waals surface area contributed by atoms with Crippen molar-refractivity contribution in [2.45, 2.75) is 17.7 Å². The Morgan fingerprint density at radius 2 is 2.26 bits per heavy atom. The smallest absolute Gasteiger partial charge is 0.346 e. The van der Waals surface area contributed by atoms with Gasteiger partial charge in [0.15, 0.2) is 0 Å². The van der Waals surface area contributed by atoms with Gasteiger partial charge in [-0.15, -0.1) is 22.7 Å². The van der Waals surface area contributed by atoms with E-state index < -0.39 is 16.0 Å². The maximum absolute atomic E-state index is 12.0. The Labute approximate surface area is 117 Å². The van der Waals surface area contributed by atoms with Crippen molar-refractivity contribution in [1.82, 2.24) is 9.71 Å². The Kier molecular flexibility index (Phi) is 3.99. The summed E-state index contributed by atoms with van der Waals surface area (Å²) < 4.78 is 26.4. The molecule has 0 spiro atoms. The molecule has 2 heterocycles. The molecule has 2 rings (SSSR count). The summed E-state index contributed by atoms with van der Waals surface area (Å²) in [6.45, 7) is 1.67. The summed E-state index contributed by atoms with van der Waals surface area (Å²) in [4.78, 5) is 14.9. The number of aromatic nitrogens is 1. The van der Waals surface area contributed by atoms with Crippen LogP contribution in [0.2, 0.25) is 0 Å². The van der Waals surface area contributed by atoms with E-state index in [1.54, 1.807) is 18.5 Å². The van der Waals surface area contributed by atoms with Crippen molar-refractivity contribution in [2.24, 2.45) is 0 Å². The van der Waals surface area contributed by atoms with Gasteiger partial charge in [-0.3, -0.25) is 0 Å². The monoisotopic (exact) mass is 318 g/mol. The fourth-order valence-corrected chi connectivity index (χ4v) is 4.42. The van der Waals surface area contributed by atoms with E-state index in [0.29, 0.717) is 10.6 Å². The highest BCUT2D eigenvalue weighted by atomic mass is 32.2. The molecule has 2 aromatic heterocycles. The molecule has 2 N–H and O–H groups in total. The minimum atomic E-state index is -3.70. The lowest BCUT2D eigenvalue weighted by atomic mass is 10.3. The van der Waals surface area contributed by atoms with Crippen molar-refractivity contribution >= 4 is 38.7 Å². The highest BCUT2D eigenvalue weighted by Gasteiger charge is 2.21. The minimum Gasteiger partial charge on any atom is -0.477 e. The van der Waals surface area contributed by atoms with E-state index in [-0.39, 0.29) is 15.6 Å². The van der Waals surface area contributed by atoms with E-state index in [0.717, 1.165) is 11.3 Å². The maximum Gasteiger partial charge on any atom is 0.346 e. The lowest BCUT2D eigenvalue weighted by Gasteiger charge is -2.01. The summed E-state index contributed by atoms with van der Waals surface area (Å²) in [5.41, 5.74) is 0.437. The molecule has 0 aliphatic heterocycles. The van der Waals surface area contributed by atoms with Crippen LogP contribution < -0.4 is 4.72 Å². The van der Waals surface area contributed by atoms with E-state index in [9.17, 15) is 13.2 Å². The van der Waals surface area contributed by atoms with Crippen molar-refractivity contribution in [2.75, 3.05) is 0 Å². The van der Waals surface area contributed by atoms with Crippen LogP contribution in [-0.4, -0.2) is 24.5 Å². The first kappa shape index (κ1) is 14.1. The Bertz CT molecular complexity index is 688. The molecular formula is C10H10N2O4S3. The second-order valence-corrected chi connectivity index (χ2v) is 7.66. The molecular weight excluding hydrogens is 308 g/mol. The Morgan fingerprint density at radius 3 is 2.79 bits per heavy atom. The van der Waals surface area contributed by atoms with Crippen LogP contribution in [0.1, 0.15) is 20.2 Å².